The van der Waals surface area contributed by atoms with Crippen molar-refractivity contribution in [2.45, 2.75) is 62.0 Å². The van der Waals surface area contributed by atoms with Gasteiger partial charge in [0.1, 0.15) is 0 Å². The molecule has 0 N–H and O–H groups in total. The molecule has 0 aliphatic rings. The zero-order valence-electron chi connectivity index (χ0n) is 15.3. The number of hydrogen-bond acceptors (Lipinski definition) is 1. The molecule has 0 bridgehead atoms. The Labute approximate surface area is 161 Å². The number of hydrogen-bond donors (Lipinski definition) is 0. The molecule has 0 unspecified atom stereocenters. The summed E-state index contributed by atoms with van der Waals surface area (Å²) in [5.41, 5.74) is 0.00169. The molecular weight excluding hydrogens is 457 g/mol. The van der Waals surface area contributed by atoms with Crippen molar-refractivity contribution in [2.75, 3.05) is 13.6 Å². The highest BCUT2D eigenvalue weighted by Crippen LogP contribution is 2.60. The Kier molecular flexibility index (Phi) is 7.96. The van der Waals surface area contributed by atoms with Crippen LogP contribution in [0.15, 0.2) is 12.2 Å². The Morgan fingerprint density at radius 2 is 1.13 bits per heavy atom. The van der Waals surface area contributed by atoms with Gasteiger partial charge in [0.2, 0.25) is 5.91 Å². The highest BCUT2D eigenvalue weighted by atomic mass is 19.4. The topological polar surface area (TPSA) is 20.3 Å². The van der Waals surface area contributed by atoms with Gasteiger partial charge in [0.25, 0.3) is 0 Å². The lowest BCUT2D eigenvalue weighted by molar-refractivity contribution is -0.440. The summed E-state index contributed by atoms with van der Waals surface area (Å²) in [5, 5.41) is 0. The maximum atomic E-state index is 13.5. The third-order valence-electron chi connectivity index (χ3n) is 3.94. The lowest BCUT2D eigenvalue weighted by Gasteiger charge is -2.39. The number of halogens is 13. The molecule has 178 valence electrons. The number of carbonyl (C=O) groups excluding carboxylic acids is 1. The van der Waals surface area contributed by atoms with Crippen LogP contribution in [0.25, 0.3) is 0 Å². The molecule has 0 radical (unpaired) electrons. The van der Waals surface area contributed by atoms with Crippen LogP contribution in [0.1, 0.15) is 26.2 Å². The SMILES string of the molecule is C=C(C)C(=O)N(C)CCCCC(F)(F)C(F)(F)C(F)(F)C(F)(F)C(F)(F)C(F)(F)F. The van der Waals surface area contributed by atoms with Crippen molar-refractivity contribution >= 4 is 5.91 Å². The Morgan fingerprint density at radius 1 is 0.733 bits per heavy atom. The fourth-order valence-corrected chi connectivity index (χ4v) is 2.08. The van der Waals surface area contributed by atoms with Gasteiger partial charge < -0.3 is 4.90 Å². The molecule has 0 spiro atoms. The van der Waals surface area contributed by atoms with Crippen molar-refractivity contribution in [1.29, 1.82) is 0 Å². The van der Waals surface area contributed by atoms with Gasteiger partial charge in [-0.3, -0.25) is 4.79 Å². The molecule has 0 aromatic heterocycles. The molecule has 2 nitrogen and oxygen atoms in total. The minimum Gasteiger partial charge on any atom is -0.342 e. The predicted octanol–water partition coefficient (Wildman–Crippen LogP) is 5.93. The van der Waals surface area contributed by atoms with Crippen LogP contribution in [0.5, 0.6) is 0 Å². The van der Waals surface area contributed by atoms with Crippen molar-refractivity contribution < 1.29 is 61.9 Å². The van der Waals surface area contributed by atoms with Gasteiger partial charge in [-0.15, -0.1) is 0 Å². The van der Waals surface area contributed by atoms with Gasteiger partial charge in [0.05, 0.1) is 0 Å². The fourth-order valence-electron chi connectivity index (χ4n) is 2.08. The number of carbonyl (C=O) groups is 1. The van der Waals surface area contributed by atoms with Crippen molar-refractivity contribution in [1.82, 2.24) is 4.90 Å². The summed E-state index contributed by atoms with van der Waals surface area (Å²) in [7, 11) is 1.14. The molecule has 0 aromatic rings. The van der Waals surface area contributed by atoms with Gasteiger partial charge >= 0.3 is 35.8 Å². The maximum absolute atomic E-state index is 13.5. The smallest absolute Gasteiger partial charge is 0.342 e. The standard InChI is InChI=1S/C15H16F13NO/c1-8(2)9(30)29(3)7-5-4-6-10(16,17)11(18,19)12(20,21)13(22,23)14(24,25)15(26,27)28/h1,4-7H2,2-3H3. The first kappa shape index (κ1) is 28.3. The summed E-state index contributed by atoms with van der Waals surface area (Å²) in [6, 6.07) is 0. The summed E-state index contributed by atoms with van der Waals surface area (Å²) in [6.07, 6.45) is -11.3. The van der Waals surface area contributed by atoms with Gasteiger partial charge in [-0.2, -0.15) is 57.1 Å². The average Bonchev–Trinajstić information content (AvgIpc) is 2.55. The van der Waals surface area contributed by atoms with E-state index >= 15 is 0 Å². The third kappa shape index (κ3) is 4.79. The number of nitrogens with zero attached hydrogens (tertiary/aromatic N) is 1. The molecule has 0 aliphatic heterocycles. The number of amides is 1. The molecular formula is C15H16F13NO. The maximum Gasteiger partial charge on any atom is 0.460 e. The summed E-state index contributed by atoms with van der Waals surface area (Å²) >= 11 is 0. The van der Waals surface area contributed by atoms with Crippen LogP contribution in [0.2, 0.25) is 0 Å². The molecule has 0 aliphatic carbocycles. The van der Waals surface area contributed by atoms with Gasteiger partial charge in [0, 0.05) is 25.6 Å². The van der Waals surface area contributed by atoms with E-state index in [0.717, 1.165) is 11.9 Å². The minimum atomic E-state index is -7.89. The second-order valence-corrected chi connectivity index (χ2v) is 6.46. The molecule has 1 amide bonds. The number of unbranched alkanes of at least 4 members (excludes halogenated alkanes) is 1. The monoisotopic (exact) mass is 473 g/mol. The van der Waals surface area contributed by atoms with E-state index in [2.05, 4.69) is 6.58 Å². The van der Waals surface area contributed by atoms with Crippen LogP contribution in [0, 0.1) is 0 Å². The molecule has 0 saturated heterocycles. The number of alkyl halides is 13. The zero-order valence-corrected chi connectivity index (χ0v) is 15.3. The summed E-state index contributed by atoms with van der Waals surface area (Å²) in [4.78, 5) is 12.3. The summed E-state index contributed by atoms with van der Waals surface area (Å²) in [5.74, 6) is -37.4. The second-order valence-electron chi connectivity index (χ2n) is 6.46. The molecule has 0 rings (SSSR count). The molecule has 0 fully saturated rings. The van der Waals surface area contributed by atoms with Crippen LogP contribution in [0.3, 0.4) is 0 Å². The van der Waals surface area contributed by atoms with Gasteiger partial charge in [0.15, 0.2) is 0 Å². The lowest BCUT2D eigenvalue weighted by Crippen LogP contribution is -2.70. The Morgan fingerprint density at radius 3 is 1.50 bits per heavy atom. The second kappa shape index (κ2) is 8.44. The van der Waals surface area contributed by atoms with Crippen LogP contribution in [-0.2, 0) is 4.79 Å². The minimum absolute atomic E-state index is 0.00169. The average molecular weight is 473 g/mol. The van der Waals surface area contributed by atoms with E-state index < -0.39 is 61.0 Å². The van der Waals surface area contributed by atoms with E-state index in [1.807, 2.05) is 0 Å². The third-order valence-corrected chi connectivity index (χ3v) is 3.94. The highest BCUT2D eigenvalue weighted by Gasteiger charge is 2.90. The number of likely N-dealkylation sites (N-methyl/N-ethyl adjacent to an activating group) is 1. The van der Waals surface area contributed by atoms with Crippen LogP contribution < -0.4 is 0 Å². The molecule has 0 atom stereocenters. The molecule has 15 heteroatoms. The van der Waals surface area contributed by atoms with Gasteiger partial charge in [-0.1, -0.05) is 6.58 Å². The van der Waals surface area contributed by atoms with Crippen molar-refractivity contribution in [2.24, 2.45) is 0 Å². The first-order valence-electron chi connectivity index (χ1n) is 7.86. The van der Waals surface area contributed by atoms with E-state index in [4.69, 9.17) is 0 Å². The van der Waals surface area contributed by atoms with E-state index in [1.165, 1.54) is 6.92 Å². The van der Waals surface area contributed by atoms with Crippen molar-refractivity contribution in [3.8, 4) is 0 Å². The Bertz CT molecular complexity index is 639. The highest BCUT2D eigenvalue weighted by molar-refractivity contribution is 5.91. The summed E-state index contributed by atoms with van der Waals surface area (Å²) < 4.78 is 168. The zero-order chi connectivity index (χ0) is 24.6. The molecule has 0 aromatic carbocycles. The first-order valence-corrected chi connectivity index (χ1v) is 7.86. The van der Waals surface area contributed by atoms with Crippen molar-refractivity contribution in [3.05, 3.63) is 12.2 Å². The summed E-state index contributed by atoms with van der Waals surface area (Å²) in [6.45, 7) is 4.14. The van der Waals surface area contributed by atoms with E-state index in [9.17, 15) is 61.9 Å². The lowest BCUT2D eigenvalue weighted by atomic mass is 9.91. The van der Waals surface area contributed by atoms with E-state index in [1.54, 1.807) is 0 Å². The molecule has 30 heavy (non-hydrogen) atoms. The fraction of sp³-hybridized carbons (Fsp3) is 0.800. The largest absolute Gasteiger partial charge is 0.460 e. The predicted molar refractivity (Wildman–Crippen MR) is 77.1 cm³/mol. The van der Waals surface area contributed by atoms with Crippen LogP contribution >= 0.6 is 0 Å². The van der Waals surface area contributed by atoms with Crippen LogP contribution in [0.4, 0.5) is 57.1 Å². The van der Waals surface area contributed by atoms with Gasteiger partial charge in [-0.25, -0.2) is 0 Å². The van der Waals surface area contributed by atoms with E-state index in [0.29, 0.717) is 0 Å². The Balaban J connectivity index is 5.52. The van der Waals surface area contributed by atoms with Crippen molar-refractivity contribution in [3.63, 3.8) is 0 Å². The molecule has 0 saturated carbocycles. The Hall–Kier alpha value is -1.70. The normalized spacial score (nSPS) is 14.6. The first-order chi connectivity index (χ1) is 13.0. The number of rotatable bonds is 10. The van der Waals surface area contributed by atoms with Crippen LogP contribution in [-0.4, -0.2) is 60.2 Å². The van der Waals surface area contributed by atoms with E-state index in [-0.39, 0.29) is 12.1 Å². The molecule has 0 heterocycles. The van der Waals surface area contributed by atoms with Gasteiger partial charge in [-0.05, 0) is 19.8 Å². The quantitative estimate of drug-likeness (QED) is 0.219.